The van der Waals surface area contributed by atoms with Gasteiger partial charge >= 0.3 is 0 Å². The Morgan fingerprint density at radius 3 is 2.52 bits per heavy atom. The molecule has 0 saturated heterocycles. The Balaban J connectivity index is 2.27. The van der Waals surface area contributed by atoms with E-state index in [0.29, 0.717) is 5.75 Å². The van der Waals surface area contributed by atoms with Crippen molar-refractivity contribution in [3.8, 4) is 0 Å². The Labute approximate surface area is 135 Å². The number of hydrogen-bond acceptors (Lipinski definition) is 4. The number of hydrogen-bond donors (Lipinski definition) is 1. The van der Waals surface area contributed by atoms with E-state index in [1.165, 1.54) is 27.4 Å². The predicted octanol–water partition coefficient (Wildman–Crippen LogP) is 4.79. The summed E-state index contributed by atoms with van der Waals surface area (Å²) >= 11 is 3.25. The highest BCUT2D eigenvalue weighted by molar-refractivity contribution is 7.99. The maximum atomic E-state index is 11.3. The first-order chi connectivity index (χ1) is 9.74. The lowest BCUT2D eigenvalue weighted by molar-refractivity contribution is -0.0392. The Morgan fingerprint density at radius 2 is 1.95 bits per heavy atom. The molecule has 114 valence electrons. The van der Waals surface area contributed by atoms with E-state index in [2.05, 4.69) is 57.8 Å². The quantitative estimate of drug-likeness (QED) is 0.822. The summed E-state index contributed by atoms with van der Waals surface area (Å²) < 4.78 is 0. The fourth-order valence-corrected chi connectivity index (χ4v) is 4.66. The zero-order chi connectivity index (χ0) is 15.7. The van der Waals surface area contributed by atoms with Gasteiger partial charge in [-0.25, -0.2) is 0 Å². The lowest BCUT2D eigenvalue weighted by Gasteiger charge is -2.39. The third-order valence-electron chi connectivity index (χ3n) is 3.86. The van der Waals surface area contributed by atoms with Crippen LogP contribution in [0.5, 0.6) is 0 Å². The number of nitrogens with zero attached hydrogens (tertiary/aromatic N) is 1. The Kier molecular flexibility index (Phi) is 4.81. The largest absolute Gasteiger partial charge is 0.383 e. The molecule has 2 nitrogen and oxygen atoms in total. The average Bonchev–Trinajstić information content (AvgIpc) is 2.92. The summed E-state index contributed by atoms with van der Waals surface area (Å²) in [7, 11) is 0. The van der Waals surface area contributed by atoms with Gasteiger partial charge in [0.05, 0.1) is 10.4 Å². The zero-order valence-electron chi connectivity index (χ0n) is 13.3. The molecule has 2 aromatic rings. The van der Waals surface area contributed by atoms with Gasteiger partial charge in [0, 0.05) is 16.8 Å². The van der Waals surface area contributed by atoms with Gasteiger partial charge in [-0.2, -0.15) is 0 Å². The number of aryl methyl sites for hydroxylation is 2. The van der Waals surface area contributed by atoms with Gasteiger partial charge in [0.15, 0.2) is 0 Å². The van der Waals surface area contributed by atoms with E-state index >= 15 is 0 Å². The van der Waals surface area contributed by atoms with Crippen LogP contribution in [-0.4, -0.2) is 15.8 Å². The molecule has 1 unspecified atom stereocenters. The van der Waals surface area contributed by atoms with Crippen molar-refractivity contribution in [3.05, 3.63) is 45.9 Å². The van der Waals surface area contributed by atoms with Gasteiger partial charge in [0.1, 0.15) is 5.60 Å². The highest BCUT2D eigenvalue weighted by Gasteiger charge is 2.42. The maximum Gasteiger partial charge on any atom is 0.114 e. The van der Waals surface area contributed by atoms with Crippen LogP contribution in [0.4, 0.5) is 0 Å². The molecule has 0 spiro atoms. The molecular formula is C17H23NOS2. The molecule has 1 aromatic heterocycles. The molecule has 0 aliphatic rings. The van der Waals surface area contributed by atoms with Crippen molar-refractivity contribution in [1.29, 1.82) is 0 Å². The van der Waals surface area contributed by atoms with Gasteiger partial charge in [-0.05, 0) is 30.9 Å². The molecule has 1 aromatic carbocycles. The van der Waals surface area contributed by atoms with Gasteiger partial charge in [-0.3, -0.25) is 4.98 Å². The minimum absolute atomic E-state index is 0.246. The molecule has 0 aliphatic heterocycles. The first-order valence-corrected chi connectivity index (χ1v) is 8.92. The van der Waals surface area contributed by atoms with E-state index in [1.54, 1.807) is 23.5 Å². The molecule has 4 heteroatoms. The number of thiazole rings is 1. The first kappa shape index (κ1) is 16.5. The van der Waals surface area contributed by atoms with Crippen LogP contribution in [0.15, 0.2) is 34.8 Å². The summed E-state index contributed by atoms with van der Waals surface area (Å²) in [6, 6.07) is 6.45. The van der Waals surface area contributed by atoms with Crippen molar-refractivity contribution < 1.29 is 5.11 Å². The molecule has 0 fully saturated rings. The fourth-order valence-electron chi connectivity index (χ4n) is 2.12. The minimum Gasteiger partial charge on any atom is -0.383 e. The van der Waals surface area contributed by atoms with Crippen LogP contribution >= 0.6 is 23.1 Å². The second-order valence-electron chi connectivity index (χ2n) is 6.53. The summed E-state index contributed by atoms with van der Waals surface area (Å²) in [5, 5.41) is 11.3. The molecule has 0 radical (unpaired) electrons. The Hall–Kier alpha value is -0.840. The second kappa shape index (κ2) is 6.11. The average molecular weight is 322 g/mol. The monoisotopic (exact) mass is 321 g/mol. The van der Waals surface area contributed by atoms with E-state index in [-0.39, 0.29) is 5.41 Å². The predicted molar refractivity (Wildman–Crippen MR) is 92.1 cm³/mol. The summed E-state index contributed by atoms with van der Waals surface area (Å²) in [6.45, 7) is 10.5. The second-order valence-corrected chi connectivity index (χ2v) is 8.44. The van der Waals surface area contributed by atoms with Gasteiger partial charge in [0.25, 0.3) is 0 Å². The molecule has 0 amide bonds. The van der Waals surface area contributed by atoms with Crippen LogP contribution in [0.3, 0.4) is 0 Å². The van der Waals surface area contributed by atoms with Crippen LogP contribution in [-0.2, 0) is 5.60 Å². The molecule has 21 heavy (non-hydrogen) atoms. The van der Waals surface area contributed by atoms with E-state index in [9.17, 15) is 5.11 Å². The van der Waals surface area contributed by atoms with Crippen LogP contribution in [0, 0.1) is 19.3 Å². The zero-order valence-corrected chi connectivity index (χ0v) is 14.9. The highest BCUT2D eigenvalue weighted by Crippen LogP contribution is 2.44. The summed E-state index contributed by atoms with van der Waals surface area (Å²) in [5.41, 5.74) is 3.17. The van der Waals surface area contributed by atoms with E-state index < -0.39 is 5.60 Å². The molecule has 2 rings (SSSR count). The van der Waals surface area contributed by atoms with Crippen molar-refractivity contribution in [2.75, 3.05) is 5.75 Å². The third-order valence-corrected chi connectivity index (χ3v) is 6.10. The Bertz CT molecular complexity index is 602. The third kappa shape index (κ3) is 3.50. The molecule has 0 aliphatic carbocycles. The molecule has 1 atom stereocenters. The standard InChI is InChI=1S/C17H23NOS2/c1-12-6-7-13(2)14(8-12)20-10-17(19,16(3,4)5)15-9-18-11-21-15/h6-9,11,19H,10H2,1-5H3. The van der Waals surface area contributed by atoms with E-state index in [4.69, 9.17) is 0 Å². The summed E-state index contributed by atoms with van der Waals surface area (Å²) in [4.78, 5) is 6.31. The smallest absolute Gasteiger partial charge is 0.114 e. The van der Waals surface area contributed by atoms with E-state index in [1.807, 2.05) is 0 Å². The van der Waals surface area contributed by atoms with Gasteiger partial charge in [-0.15, -0.1) is 23.1 Å². The van der Waals surface area contributed by atoms with Crippen LogP contribution in [0.25, 0.3) is 0 Å². The van der Waals surface area contributed by atoms with Gasteiger partial charge in [-0.1, -0.05) is 38.5 Å². The SMILES string of the molecule is Cc1ccc(C)c(SCC(O)(c2cncs2)C(C)(C)C)c1. The topological polar surface area (TPSA) is 33.1 Å². The molecule has 0 bridgehead atoms. The highest BCUT2D eigenvalue weighted by atomic mass is 32.2. The summed E-state index contributed by atoms with van der Waals surface area (Å²) in [5.74, 6) is 0.628. The van der Waals surface area contributed by atoms with Crippen molar-refractivity contribution in [1.82, 2.24) is 4.98 Å². The fraction of sp³-hybridized carbons (Fsp3) is 0.471. The van der Waals surface area contributed by atoms with Gasteiger partial charge in [0.2, 0.25) is 0 Å². The number of benzene rings is 1. The molecule has 1 heterocycles. The lowest BCUT2D eigenvalue weighted by Crippen LogP contribution is -2.41. The summed E-state index contributed by atoms with van der Waals surface area (Å²) in [6.07, 6.45) is 1.79. The number of aromatic nitrogens is 1. The maximum absolute atomic E-state index is 11.3. The van der Waals surface area contributed by atoms with Crippen molar-refractivity contribution in [3.63, 3.8) is 0 Å². The Morgan fingerprint density at radius 1 is 1.24 bits per heavy atom. The molecular weight excluding hydrogens is 298 g/mol. The van der Waals surface area contributed by atoms with Crippen molar-refractivity contribution >= 4 is 23.1 Å². The minimum atomic E-state index is -0.880. The normalized spacial score (nSPS) is 15.0. The van der Waals surface area contributed by atoms with E-state index in [0.717, 1.165) is 4.88 Å². The number of rotatable bonds is 4. The molecule has 1 N–H and O–H groups in total. The molecule has 0 saturated carbocycles. The first-order valence-electron chi connectivity index (χ1n) is 7.05. The lowest BCUT2D eigenvalue weighted by atomic mass is 9.77. The van der Waals surface area contributed by atoms with Crippen LogP contribution < -0.4 is 0 Å². The van der Waals surface area contributed by atoms with Crippen LogP contribution in [0.2, 0.25) is 0 Å². The van der Waals surface area contributed by atoms with Crippen LogP contribution in [0.1, 0.15) is 36.8 Å². The van der Waals surface area contributed by atoms with Gasteiger partial charge < -0.3 is 5.11 Å². The number of aliphatic hydroxyl groups is 1. The number of thioether (sulfide) groups is 1. The van der Waals surface area contributed by atoms with Crippen molar-refractivity contribution in [2.45, 2.75) is 45.1 Å². The van der Waals surface area contributed by atoms with Crippen molar-refractivity contribution in [2.24, 2.45) is 5.41 Å².